The second-order valence-electron chi connectivity index (χ2n) is 3.93. The first-order valence-electron chi connectivity index (χ1n) is 5.51. The zero-order valence-electron chi connectivity index (χ0n) is 9.85. The van der Waals surface area contributed by atoms with Gasteiger partial charge in [0.05, 0.1) is 4.92 Å². The first kappa shape index (κ1) is 12.6. The Kier molecular flexibility index (Phi) is 3.47. The molecule has 0 radical (unpaired) electrons. The van der Waals surface area contributed by atoms with Gasteiger partial charge < -0.3 is 10.2 Å². The van der Waals surface area contributed by atoms with E-state index >= 15 is 0 Å². The maximum atomic E-state index is 10.5. The molecular weight excluding hydrogens is 246 g/mol. The van der Waals surface area contributed by atoms with Gasteiger partial charge in [0, 0.05) is 17.7 Å². The average Bonchev–Trinajstić information content (AvgIpc) is 2.40. The lowest BCUT2D eigenvalue weighted by Crippen LogP contribution is -1.86. The molecule has 0 fully saturated rings. The van der Waals surface area contributed by atoms with Gasteiger partial charge in [0.1, 0.15) is 11.5 Å². The van der Waals surface area contributed by atoms with Crippen LogP contribution in [0.2, 0.25) is 0 Å². The summed E-state index contributed by atoms with van der Waals surface area (Å²) in [6.45, 7) is 0. The molecule has 0 aliphatic heterocycles. The Labute approximate surface area is 109 Å². The lowest BCUT2D eigenvalue weighted by molar-refractivity contribution is -0.384. The summed E-state index contributed by atoms with van der Waals surface area (Å²) in [5.41, 5.74) is 1.25. The van der Waals surface area contributed by atoms with E-state index in [1.165, 1.54) is 30.3 Å². The molecule has 2 aromatic carbocycles. The third kappa shape index (κ3) is 3.10. The highest BCUT2D eigenvalue weighted by Gasteiger charge is 2.03. The van der Waals surface area contributed by atoms with E-state index in [0.29, 0.717) is 5.56 Å². The molecule has 0 heterocycles. The fourth-order valence-electron chi connectivity index (χ4n) is 1.57. The number of non-ortho nitro benzene ring substituents is 1. The van der Waals surface area contributed by atoms with Crippen LogP contribution in [0.1, 0.15) is 11.1 Å². The molecule has 0 spiro atoms. The molecule has 2 aromatic rings. The van der Waals surface area contributed by atoms with Crippen molar-refractivity contribution in [1.29, 1.82) is 0 Å². The summed E-state index contributed by atoms with van der Waals surface area (Å²) in [4.78, 5) is 10.0. The van der Waals surface area contributed by atoms with Crippen LogP contribution in [0.4, 0.5) is 5.69 Å². The van der Waals surface area contributed by atoms with Crippen molar-refractivity contribution in [3.05, 3.63) is 63.7 Å². The largest absolute Gasteiger partial charge is 0.508 e. The third-order valence-electron chi connectivity index (χ3n) is 2.57. The second-order valence-corrected chi connectivity index (χ2v) is 3.93. The van der Waals surface area contributed by atoms with Gasteiger partial charge in [0.25, 0.3) is 5.69 Å². The van der Waals surface area contributed by atoms with Gasteiger partial charge in [0.2, 0.25) is 0 Å². The fraction of sp³-hybridized carbons (Fsp3) is 0. The Balaban J connectivity index is 2.22. The number of nitro benzene ring substituents is 1. The zero-order chi connectivity index (χ0) is 13.8. The molecule has 0 amide bonds. The van der Waals surface area contributed by atoms with Crippen LogP contribution in [0.25, 0.3) is 12.2 Å². The van der Waals surface area contributed by atoms with E-state index in [1.54, 1.807) is 24.3 Å². The second kappa shape index (κ2) is 5.22. The fourth-order valence-corrected chi connectivity index (χ4v) is 1.57. The number of hydrogen-bond acceptors (Lipinski definition) is 4. The van der Waals surface area contributed by atoms with Gasteiger partial charge in [0.15, 0.2) is 0 Å². The minimum absolute atomic E-state index is 0.0253. The van der Waals surface area contributed by atoms with Crippen molar-refractivity contribution in [1.82, 2.24) is 0 Å². The molecule has 0 bridgehead atoms. The molecule has 0 aromatic heterocycles. The summed E-state index contributed by atoms with van der Waals surface area (Å²) in [6.07, 6.45) is 3.31. The molecule has 0 aliphatic rings. The monoisotopic (exact) mass is 257 g/mol. The number of benzene rings is 2. The van der Waals surface area contributed by atoms with Crippen molar-refractivity contribution in [3.63, 3.8) is 0 Å². The normalized spacial score (nSPS) is 10.7. The summed E-state index contributed by atoms with van der Waals surface area (Å²) < 4.78 is 0. The van der Waals surface area contributed by atoms with Crippen molar-refractivity contribution in [2.24, 2.45) is 0 Å². The summed E-state index contributed by atoms with van der Waals surface area (Å²) in [5.74, 6) is 0.108. The molecule has 5 heteroatoms. The summed E-state index contributed by atoms with van der Waals surface area (Å²) in [6, 6.07) is 10.2. The van der Waals surface area contributed by atoms with E-state index in [4.69, 9.17) is 0 Å². The lowest BCUT2D eigenvalue weighted by atomic mass is 10.1. The standard InChI is InChI=1S/C14H11NO4/c16-13-7-8-14(17)11(9-13)4-1-10-2-5-12(6-3-10)15(18)19/h1-9,16-17H. The van der Waals surface area contributed by atoms with Gasteiger partial charge in [-0.15, -0.1) is 0 Å². The molecule has 0 saturated carbocycles. The Morgan fingerprint density at radius 1 is 1.00 bits per heavy atom. The zero-order valence-corrected chi connectivity index (χ0v) is 9.85. The number of aromatic hydroxyl groups is 2. The van der Waals surface area contributed by atoms with E-state index < -0.39 is 4.92 Å². The molecule has 0 saturated heterocycles. The van der Waals surface area contributed by atoms with Crippen molar-refractivity contribution in [3.8, 4) is 11.5 Å². The first-order chi connectivity index (χ1) is 9.06. The number of rotatable bonds is 3. The molecule has 0 aliphatic carbocycles. The molecular formula is C14H11NO4. The smallest absolute Gasteiger partial charge is 0.269 e. The Morgan fingerprint density at radius 3 is 2.32 bits per heavy atom. The van der Waals surface area contributed by atoms with E-state index in [1.807, 2.05) is 0 Å². The topological polar surface area (TPSA) is 83.6 Å². The Bertz CT molecular complexity index is 632. The molecule has 19 heavy (non-hydrogen) atoms. The van der Waals surface area contributed by atoms with Gasteiger partial charge >= 0.3 is 0 Å². The summed E-state index contributed by atoms with van der Waals surface area (Å²) in [7, 11) is 0. The number of nitrogens with zero attached hydrogens (tertiary/aromatic N) is 1. The predicted molar refractivity (Wildman–Crippen MR) is 71.8 cm³/mol. The van der Waals surface area contributed by atoms with Crippen LogP contribution in [0.15, 0.2) is 42.5 Å². The SMILES string of the molecule is O=[N+]([O-])c1ccc(C=Cc2cc(O)ccc2O)cc1. The number of phenols is 2. The number of nitro groups is 1. The molecule has 0 atom stereocenters. The minimum atomic E-state index is -0.464. The summed E-state index contributed by atoms with van der Waals surface area (Å²) in [5, 5.41) is 29.4. The summed E-state index contributed by atoms with van der Waals surface area (Å²) >= 11 is 0. The van der Waals surface area contributed by atoms with Crippen LogP contribution in [-0.2, 0) is 0 Å². The van der Waals surface area contributed by atoms with E-state index in [0.717, 1.165) is 5.56 Å². The molecule has 96 valence electrons. The highest BCUT2D eigenvalue weighted by molar-refractivity contribution is 5.73. The van der Waals surface area contributed by atoms with Crippen LogP contribution in [0.3, 0.4) is 0 Å². The van der Waals surface area contributed by atoms with Crippen molar-refractivity contribution < 1.29 is 15.1 Å². The Morgan fingerprint density at radius 2 is 1.68 bits per heavy atom. The van der Waals surface area contributed by atoms with Crippen LogP contribution in [-0.4, -0.2) is 15.1 Å². The number of hydrogen-bond donors (Lipinski definition) is 2. The molecule has 2 rings (SSSR count). The molecule has 0 unspecified atom stereocenters. The minimum Gasteiger partial charge on any atom is -0.508 e. The van der Waals surface area contributed by atoms with E-state index in [2.05, 4.69) is 0 Å². The maximum Gasteiger partial charge on any atom is 0.269 e. The maximum absolute atomic E-state index is 10.5. The highest BCUT2D eigenvalue weighted by Crippen LogP contribution is 2.24. The van der Waals surface area contributed by atoms with Crippen molar-refractivity contribution >= 4 is 17.8 Å². The predicted octanol–water partition coefficient (Wildman–Crippen LogP) is 3.18. The van der Waals surface area contributed by atoms with Crippen LogP contribution in [0.5, 0.6) is 11.5 Å². The van der Waals surface area contributed by atoms with Gasteiger partial charge in [-0.3, -0.25) is 10.1 Å². The van der Waals surface area contributed by atoms with E-state index in [9.17, 15) is 20.3 Å². The molecule has 5 nitrogen and oxygen atoms in total. The molecule has 2 N–H and O–H groups in total. The van der Waals surface area contributed by atoms with Gasteiger partial charge in [-0.2, -0.15) is 0 Å². The quantitative estimate of drug-likeness (QED) is 0.383. The van der Waals surface area contributed by atoms with Crippen molar-refractivity contribution in [2.45, 2.75) is 0 Å². The van der Waals surface area contributed by atoms with Gasteiger partial charge in [-0.1, -0.05) is 12.2 Å². The van der Waals surface area contributed by atoms with Crippen LogP contribution < -0.4 is 0 Å². The highest BCUT2D eigenvalue weighted by atomic mass is 16.6. The average molecular weight is 257 g/mol. The van der Waals surface area contributed by atoms with Crippen molar-refractivity contribution in [2.75, 3.05) is 0 Å². The number of phenolic OH excluding ortho intramolecular Hbond substituents is 2. The van der Waals surface area contributed by atoms with Crippen LogP contribution >= 0.6 is 0 Å². The van der Waals surface area contributed by atoms with Crippen LogP contribution in [0, 0.1) is 10.1 Å². The van der Waals surface area contributed by atoms with Gasteiger partial charge in [-0.25, -0.2) is 0 Å². The van der Waals surface area contributed by atoms with Gasteiger partial charge in [-0.05, 0) is 35.9 Å². The Hall–Kier alpha value is -2.82. The lowest BCUT2D eigenvalue weighted by Gasteiger charge is -1.99. The first-order valence-corrected chi connectivity index (χ1v) is 5.51. The third-order valence-corrected chi connectivity index (χ3v) is 2.57. The van der Waals surface area contributed by atoms with E-state index in [-0.39, 0.29) is 17.2 Å².